The van der Waals surface area contributed by atoms with Crippen molar-refractivity contribution in [2.24, 2.45) is 4.99 Å². The van der Waals surface area contributed by atoms with Gasteiger partial charge in [0.25, 0.3) is 11.5 Å². The van der Waals surface area contributed by atoms with Gasteiger partial charge >= 0.3 is 6.18 Å². The molecular formula is C24H22F3N5O2S. The molecule has 7 nitrogen and oxygen atoms in total. The summed E-state index contributed by atoms with van der Waals surface area (Å²) in [4.78, 5) is 39.4. The molecule has 182 valence electrons. The van der Waals surface area contributed by atoms with E-state index in [4.69, 9.17) is 12.2 Å². The molecular weight excluding hydrogens is 479 g/mol. The molecule has 4 rings (SSSR count). The predicted octanol–water partition coefficient (Wildman–Crippen LogP) is 4.47. The van der Waals surface area contributed by atoms with Gasteiger partial charge in [0.15, 0.2) is 5.11 Å². The van der Waals surface area contributed by atoms with Crippen molar-refractivity contribution in [3.8, 4) is 0 Å². The van der Waals surface area contributed by atoms with Crippen molar-refractivity contribution in [1.29, 1.82) is 0 Å². The van der Waals surface area contributed by atoms with Gasteiger partial charge in [0, 0.05) is 30.9 Å². The molecule has 11 heteroatoms. The van der Waals surface area contributed by atoms with Gasteiger partial charge in [-0.1, -0.05) is 13.0 Å². The SMILES string of the molecule is CCc1nc2ccc(N3C(=S)N(c4ccc(C=NC)c(C(F)(F)F)c4)C(=O)C3(C)C)cc2c(=O)[nH]1. The van der Waals surface area contributed by atoms with Crippen molar-refractivity contribution in [2.75, 3.05) is 16.8 Å². The average Bonchev–Trinajstić information content (AvgIpc) is 2.97. The van der Waals surface area contributed by atoms with E-state index in [0.717, 1.165) is 17.2 Å². The summed E-state index contributed by atoms with van der Waals surface area (Å²) in [5, 5.41) is 0.311. The third kappa shape index (κ3) is 4.09. The van der Waals surface area contributed by atoms with E-state index in [2.05, 4.69) is 15.0 Å². The van der Waals surface area contributed by atoms with Gasteiger partial charge in [0.05, 0.1) is 22.2 Å². The van der Waals surface area contributed by atoms with Crippen molar-refractivity contribution in [2.45, 2.75) is 38.9 Å². The van der Waals surface area contributed by atoms with Gasteiger partial charge in [-0.2, -0.15) is 13.2 Å². The number of nitrogens with one attached hydrogen (secondary N) is 1. The van der Waals surface area contributed by atoms with Crippen molar-refractivity contribution in [3.63, 3.8) is 0 Å². The van der Waals surface area contributed by atoms with Gasteiger partial charge in [-0.15, -0.1) is 0 Å². The lowest BCUT2D eigenvalue weighted by molar-refractivity contribution is -0.137. The summed E-state index contributed by atoms with van der Waals surface area (Å²) in [6.07, 6.45) is -2.99. The maximum atomic E-state index is 13.7. The number of thiocarbonyl (C=S) groups is 1. The monoisotopic (exact) mass is 501 g/mol. The van der Waals surface area contributed by atoms with Gasteiger partial charge in [0.2, 0.25) is 0 Å². The Labute approximate surface area is 204 Å². The van der Waals surface area contributed by atoms with Gasteiger partial charge in [0.1, 0.15) is 11.4 Å². The molecule has 1 N–H and O–H groups in total. The highest BCUT2D eigenvalue weighted by atomic mass is 32.1. The molecule has 1 saturated heterocycles. The number of anilines is 2. The van der Waals surface area contributed by atoms with E-state index in [9.17, 15) is 22.8 Å². The van der Waals surface area contributed by atoms with E-state index in [0.29, 0.717) is 28.8 Å². The third-order valence-electron chi connectivity index (χ3n) is 5.87. The van der Waals surface area contributed by atoms with Gasteiger partial charge < -0.3 is 9.88 Å². The molecule has 1 aromatic heterocycles. The fourth-order valence-electron chi connectivity index (χ4n) is 4.12. The largest absolute Gasteiger partial charge is 0.417 e. The number of amides is 1. The summed E-state index contributed by atoms with van der Waals surface area (Å²) in [6, 6.07) is 8.46. The molecule has 0 radical (unpaired) electrons. The fraction of sp³-hybridized carbons (Fsp3) is 0.292. The first-order valence-electron chi connectivity index (χ1n) is 10.7. The zero-order valence-corrected chi connectivity index (χ0v) is 20.2. The van der Waals surface area contributed by atoms with Crippen LogP contribution in [0.25, 0.3) is 10.9 Å². The van der Waals surface area contributed by atoms with Gasteiger partial charge in [-0.25, -0.2) is 4.98 Å². The number of aryl methyl sites for hydroxylation is 1. The first-order valence-corrected chi connectivity index (χ1v) is 11.2. The van der Waals surface area contributed by atoms with Crippen LogP contribution in [-0.4, -0.2) is 39.8 Å². The Morgan fingerprint density at radius 1 is 1.14 bits per heavy atom. The van der Waals surface area contributed by atoms with Crippen LogP contribution in [0.3, 0.4) is 0 Å². The molecule has 35 heavy (non-hydrogen) atoms. The van der Waals surface area contributed by atoms with Crippen molar-refractivity contribution in [3.05, 3.63) is 63.7 Å². The number of benzene rings is 2. The van der Waals surface area contributed by atoms with E-state index in [1.807, 2.05) is 6.92 Å². The molecule has 1 fully saturated rings. The smallest absolute Gasteiger partial charge is 0.310 e. The van der Waals surface area contributed by atoms with Gasteiger partial charge in [-0.05, 0) is 56.4 Å². The molecule has 0 bridgehead atoms. The van der Waals surface area contributed by atoms with Crippen LogP contribution in [0.5, 0.6) is 0 Å². The van der Waals surface area contributed by atoms with Crippen LogP contribution in [0.15, 0.2) is 46.2 Å². The second-order valence-electron chi connectivity index (χ2n) is 8.54. The number of hydrogen-bond donors (Lipinski definition) is 1. The summed E-state index contributed by atoms with van der Waals surface area (Å²) in [5.74, 6) is 0.0478. The summed E-state index contributed by atoms with van der Waals surface area (Å²) in [6.45, 7) is 5.12. The summed E-state index contributed by atoms with van der Waals surface area (Å²) < 4.78 is 41.2. The second-order valence-corrected chi connectivity index (χ2v) is 8.91. The Morgan fingerprint density at radius 3 is 2.46 bits per heavy atom. The predicted molar refractivity (Wildman–Crippen MR) is 133 cm³/mol. The van der Waals surface area contributed by atoms with Crippen LogP contribution in [-0.2, 0) is 17.4 Å². The number of aromatic amines is 1. The standard InChI is InChI=1S/C24H22F3N5O2S/c1-5-19-29-18-9-8-15(10-16(18)20(33)30-19)32-22(35)31(21(34)23(32,2)3)14-7-6-13(12-28-4)17(11-14)24(25,26)27/h6-12H,5H2,1-4H3,(H,29,30,33). The summed E-state index contributed by atoms with van der Waals surface area (Å²) >= 11 is 5.59. The van der Waals surface area contributed by atoms with Crippen LogP contribution < -0.4 is 15.4 Å². The molecule has 0 saturated carbocycles. The molecule has 2 aromatic carbocycles. The Kier molecular flexibility index (Phi) is 6.00. The molecule has 0 aliphatic carbocycles. The Hall–Kier alpha value is -3.60. The van der Waals surface area contributed by atoms with Crippen LogP contribution in [0.4, 0.5) is 24.5 Å². The number of rotatable bonds is 4. The first-order chi connectivity index (χ1) is 16.4. The number of aromatic nitrogens is 2. The number of hydrogen-bond acceptors (Lipinski definition) is 5. The lowest BCUT2D eigenvalue weighted by Gasteiger charge is -2.29. The lowest BCUT2D eigenvalue weighted by Crippen LogP contribution is -2.44. The maximum absolute atomic E-state index is 13.7. The van der Waals surface area contributed by atoms with E-state index in [1.165, 1.54) is 24.1 Å². The number of fused-ring (bicyclic) bond motifs is 1. The average molecular weight is 502 g/mol. The highest BCUT2D eigenvalue weighted by Gasteiger charge is 2.50. The highest BCUT2D eigenvalue weighted by Crippen LogP contribution is 2.39. The number of alkyl halides is 3. The van der Waals surface area contributed by atoms with Crippen molar-refractivity contribution < 1.29 is 18.0 Å². The zero-order valence-electron chi connectivity index (χ0n) is 19.4. The third-order valence-corrected chi connectivity index (χ3v) is 6.23. The van der Waals surface area contributed by atoms with Crippen LogP contribution >= 0.6 is 12.2 Å². The minimum atomic E-state index is -4.66. The summed E-state index contributed by atoms with van der Waals surface area (Å²) in [7, 11) is 1.38. The van der Waals surface area contributed by atoms with E-state index < -0.39 is 23.2 Å². The number of carbonyl (C=O) groups excluding carboxylic acids is 1. The van der Waals surface area contributed by atoms with Crippen LogP contribution in [0.2, 0.25) is 0 Å². The molecule has 1 aliphatic heterocycles. The lowest BCUT2D eigenvalue weighted by atomic mass is 10.0. The number of H-pyrrole nitrogens is 1. The number of carbonyl (C=O) groups is 1. The number of aliphatic imine (C=N–C) groups is 1. The Bertz CT molecular complexity index is 1450. The van der Waals surface area contributed by atoms with E-state index in [1.54, 1.807) is 32.0 Å². The van der Waals surface area contributed by atoms with Gasteiger partial charge in [-0.3, -0.25) is 19.5 Å². The summed E-state index contributed by atoms with van der Waals surface area (Å²) in [5.41, 5.74) is -1.68. The van der Waals surface area contributed by atoms with E-state index in [-0.39, 0.29) is 21.9 Å². The fourth-order valence-corrected chi connectivity index (χ4v) is 4.64. The minimum Gasteiger partial charge on any atom is -0.310 e. The Morgan fingerprint density at radius 2 is 1.83 bits per heavy atom. The normalized spacial score (nSPS) is 16.2. The molecule has 0 spiro atoms. The van der Waals surface area contributed by atoms with Crippen LogP contribution in [0, 0.1) is 0 Å². The molecule has 1 amide bonds. The van der Waals surface area contributed by atoms with Crippen molar-refractivity contribution >= 4 is 51.7 Å². The molecule has 1 aliphatic rings. The molecule has 0 atom stereocenters. The minimum absolute atomic E-state index is 0.000973. The van der Waals surface area contributed by atoms with Crippen molar-refractivity contribution in [1.82, 2.24) is 9.97 Å². The molecule has 2 heterocycles. The first kappa shape index (κ1) is 24.5. The quantitative estimate of drug-likeness (QED) is 0.422. The Balaban J connectivity index is 1.82. The topological polar surface area (TPSA) is 81.7 Å². The zero-order chi connectivity index (χ0) is 25.7. The highest BCUT2D eigenvalue weighted by molar-refractivity contribution is 7.81. The molecule has 0 unspecified atom stereocenters. The van der Waals surface area contributed by atoms with Crippen LogP contribution in [0.1, 0.15) is 37.7 Å². The molecule has 3 aromatic rings. The number of nitrogens with zero attached hydrogens (tertiary/aromatic N) is 4. The number of halogens is 3. The maximum Gasteiger partial charge on any atom is 0.417 e. The van der Waals surface area contributed by atoms with E-state index >= 15 is 0 Å². The second kappa shape index (κ2) is 8.56.